The fourth-order valence-electron chi connectivity index (χ4n) is 8.32. The summed E-state index contributed by atoms with van der Waals surface area (Å²) in [5.41, 5.74) is 15.7. The van der Waals surface area contributed by atoms with Crippen molar-refractivity contribution < 1.29 is 24.2 Å². The minimum absolute atomic E-state index is 0. The molecule has 0 bridgehead atoms. The Balaban J connectivity index is 0.00000512. The Morgan fingerprint density at radius 2 is 1.40 bits per heavy atom. The number of benzene rings is 5. The van der Waals surface area contributed by atoms with Gasteiger partial charge >= 0.3 is 0 Å². The normalized spacial score (nSPS) is 14.6. The second kappa shape index (κ2) is 16.8. The summed E-state index contributed by atoms with van der Waals surface area (Å²) < 4.78 is 26.1. The number of hydrogen-bond acceptors (Lipinski definition) is 2. The van der Waals surface area contributed by atoms with Crippen LogP contribution in [0.3, 0.4) is 0 Å². The quantitative estimate of drug-likeness (QED) is 0.135. The Morgan fingerprint density at radius 3 is 2.11 bits per heavy atom. The van der Waals surface area contributed by atoms with E-state index in [0.717, 1.165) is 51.9 Å². The van der Waals surface area contributed by atoms with Crippen molar-refractivity contribution in [1.82, 2.24) is 9.97 Å². The number of hydrogen-bond donors (Lipinski definition) is 0. The number of pyridine rings is 2. The van der Waals surface area contributed by atoms with Gasteiger partial charge in [-0.3, -0.25) is 0 Å². The van der Waals surface area contributed by atoms with Gasteiger partial charge in [0.1, 0.15) is 0 Å². The molecule has 0 unspecified atom stereocenters. The third kappa shape index (κ3) is 8.35. The molecule has 3 heteroatoms. The summed E-state index contributed by atoms with van der Waals surface area (Å²) in [6, 6.07) is 48.9. The average molecular weight is 896 g/mol. The van der Waals surface area contributed by atoms with Crippen LogP contribution in [-0.2, 0) is 38.4 Å². The topological polar surface area (TPSA) is 25.8 Å². The molecule has 1 aliphatic carbocycles. The molecule has 7 aromatic rings. The molecule has 1 fully saturated rings. The van der Waals surface area contributed by atoms with Crippen LogP contribution in [0.25, 0.3) is 55.9 Å². The van der Waals surface area contributed by atoms with Crippen LogP contribution in [0, 0.1) is 32.8 Å². The molecule has 0 saturated heterocycles. The molecule has 277 valence electrons. The summed E-state index contributed by atoms with van der Waals surface area (Å²) >= 11 is 0. The van der Waals surface area contributed by atoms with Crippen molar-refractivity contribution in [1.29, 1.82) is 0 Å². The van der Waals surface area contributed by atoms with Crippen molar-refractivity contribution in [3.8, 4) is 55.9 Å². The predicted molar refractivity (Wildman–Crippen MR) is 225 cm³/mol. The van der Waals surface area contributed by atoms with Gasteiger partial charge in [0.05, 0.1) is 0 Å². The van der Waals surface area contributed by atoms with Gasteiger partial charge in [0.15, 0.2) is 0 Å². The van der Waals surface area contributed by atoms with Crippen molar-refractivity contribution >= 4 is 0 Å². The van der Waals surface area contributed by atoms with Gasteiger partial charge in [-0.15, -0.1) is 65.2 Å². The first-order chi connectivity index (χ1) is 27.6. The maximum atomic E-state index is 8.69. The van der Waals surface area contributed by atoms with Crippen molar-refractivity contribution in [3.63, 3.8) is 0 Å². The first-order valence-corrected chi connectivity index (χ1v) is 19.3. The maximum Gasteiger partial charge on any atom is 0.0272 e. The Bertz CT molecular complexity index is 2500. The summed E-state index contributed by atoms with van der Waals surface area (Å²) in [7, 11) is 0. The van der Waals surface area contributed by atoms with Crippen LogP contribution in [0.4, 0.5) is 0 Å². The zero-order valence-corrected chi connectivity index (χ0v) is 34.3. The van der Waals surface area contributed by atoms with Crippen LogP contribution < -0.4 is 0 Å². The van der Waals surface area contributed by atoms with E-state index in [-0.39, 0.29) is 31.1 Å². The molecule has 0 aliphatic heterocycles. The van der Waals surface area contributed by atoms with Crippen LogP contribution in [0.2, 0.25) is 0 Å². The van der Waals surface area contributed by atoms with Crippen molar-refractivity contribution in [2.45, 2.75) is 78.0 Å². The van der Waals surface area contributed by atoms with Gasteiger partial charge in [0.2, 0.25) is 0 Å². The van der Waals surface area contributed by atoms with Gasteiger partial charge in [-0.05, 0) is 108 Å². The van der Waals surface area contributed by atoms with Crippen molar-refractivity contribution in [3.05, 3.63) is 179 Å². The molecule has 0 amide bonds. The van der Waals surface area contributed by atoms with E-state index in [9.17, 15) is 0 Å². The molecular weight excluding hydrogens is 845 g/mol. The van der Waals surface area contributed by atoms with E-state index >= 15 is 0 Å². The minimum Gasteiger partial charge on any atom is -0.305 e. The van der Waals surface area contributed by atoms with Gasteiger partial charge in [0, 0.05) is 36.6 Å². The molecule has 0 atom stereocenters. The van der Waals surface area contributed by atoms with E-state index in [0.29, 0.717) is 16.8 Å². The van der Waals surface area contributed by atoms with E-state index in [1.165, 1.54) is 59.9 Å². The molecule has 5 aromatic carbocycles. The van der Waals surface area contributed by atoms with Crippen LogP contribution >= 0.6 is 0 Å². The summed E-state index contributed by atoms with van der Waals surface area (Å²) in [6.45, 7) is 4.26. The Hall–Kier alpha value is -4.95. The molecule has 2 aromatic heterocycles. The average Bonchev–Trinajstić information content (AvgIpc) is 3.23. The summed E-state index contributed by atoms with van der Waals surface area (Å²) in [5, 5.41) is 0. The maximum absolute atomic E-state index is 8.69. The van der Waals surface area contributed by atoms with Gasteiger partial charge < -0.3 is 9.97 Å². The summed E-state index contributed by atoms with van der Waals surface area (Å²) in [5.74, 6) is 0. The predicted octanol–water partition coefficient (Wildman–Crippen LogP) is 13.3. The summed E-state index contributed by atoms with van der Waals surface area (Å²) in [4.78, 5) is 9.14. The minimum atomic E-state index is -2.37. The van der Waals surface area contributed by atoms with E-state index < -0.39 is 6.85 Å². The molecule has 1 aliphatic rings. The largest absolute Gasteiger partial charge is 0.305 e. The monoisotopic (exact) mass is 896 g/mol. The molecule has 0 N–H and O–H groups in total. The second-order valence-electron chi connectivity index (χ2n) is 15.3. The first kappa shape index (κ1) is 34.5. The molecule has 1 saturated carbocycles. The van der Waals surface area contributed by atoms with Gasteiger partial charge in [-0.25, -0.2) is 0 Å². The molecule has 2 heterocycles. The SMILES string of the molecule is [2H]C([2H])([2H])c1c(-c2ccc(C3(C)CCCCC3)cc2C)ccnc1-c1[c-]cc(-c2ccccc2-c2cc(C)cc(CCc3c[c-]c(-c4ccccn4)cc3)c2)cc1.[Ir]. The fourth-order valence-corrected chi connectivity index (χ4v) is 8.32. The van der Waals surface area contributed by atoms with E-state index in [4.69, 9.17) is 4.11 Å². The van der Waals surface area contributed by atoms with Crippen molar-refractivity contribution in [2.75, 3.05) is 0 Å². The molecule has 55 heavy (non-hydrogen) atoms. The number of nitrogens with zero attached hydrogens (tertiary/aromatic N) is 2. The Labute approximate surface area is 345 Å². The van der Waals surface area contributed by atoms with E-state index in [1.807, 2.05) is 42.6 Å². The van der Waals surface area contributed by atoms with Crippen molar-refractivity contribution in [2.24, 2.45) is 0 Å². The van der Waals surface area contributed by atoms with Crippen LogP contribution in [0.15, 0.2) is 134 Å². The Kier molecular flexibility index (Phi) is 10.6. The molecule has 8 rings (SSSR count). The number of aromatic nitrogens is 2. The fraction of sp³-hybridized carbons (Fsp3) is 0.231. The smallest absolute Gasteiger partial charge is 0.0272 e. The van der Waals surface area contributed by atoms with Gasteiger partial charge in [-0.1, -0.05) is 128 Å². The van der Waals surface area contributed by atoms with Crippen LogP contribution in [-0.4, -0.2) is 9.97 Å². The number of rotatable bonds is 9. The van der Waals surface area contributed by atoms with Crippen LogP contribution in [0.5, 0.6) is 0 Å². The molecule has 2 nitrogen and oxygen atoms in total. The zero-order chi connectivity index (χ0) is 39.6. The van der Waals surface area contributed by atoms with E-state index in [1.54, 1.807) is 6.20 Å². The second-order valence-corrected chi connectivity index (χ2v) is 15.3. The molecule has 1 radical (unpaired) electrons. The summed E-state index contributed by atoms with van der Waals surface area (Å²) in [6.07, 6.45) is 11.6. The van der Waals surface area contributed by atoms with Gasteiger partial charge in [-0.2, -0.15) is 0 Å². The third-order valence-electron chi connectivity index (χ3n) is 11.4. The number of aryl methyl sites for hydroxylation is 4. The molecule has 0 spiro atoms. The third-order valence-corrected chi connectivity index (χ3v) is 11.4. The molecular formula is C52H48IrN2-2. The Morgan fingerprint density at radius 1 is 0.636 bits per heavy atom. The zero-order valence-electron chi connectivity index (χ0n) is 34.9. The standard InChI is InChI=1S/C52H48N2.Ir/c1-36-32-40(16-15-39-17-19-42(20-18-39)50-14-8-11-30-53-50)35-44(33-36)49-13-7-6-12-48(49)41-21-23-43(24-22-41)51-38(3)47(27-31-54-51)46-26-25-45(34-37(46)2)52(4)28-9-5-10-29-52;/h6-8,11-14,17-19,21-23,25-27,30-35H,5,9-10,15-16,28-29H2,1-4H3;/q-2;/i3D3;. The van der Waals surface area contributed by atoms with Crippen LogP contribution in [0.1, 0.15) is 76.5 Å². The van der Waals surface area contributed by atoms with E-state index in [2.05, 4.69) is 128 Å². The van der Waals surface area contributed by atoms with Gasteiger partial charge in [0.25, 0.3) is 0 Å². The first-order valence-electron chi connectivity index (χ1n) is 20.8.